The molecule has 12 rings (SSSR count). The summed E-state index contributed by atoms with van der Waals surface area (Å²) in [4.78, 5) is 0. The largest absolute Gasteiger partial charge is 0.507 e. The van der Waals surface area contributed by atoms with Crippen molar-refractivity contribution in [2.45, 2.75) is 261 Å². The summed E-state index contributed by atoms with van der Waals surface area (Å²) >= 11 is 0. The monoisotopic (exact) mass is 1350 g/mol. The van der Waals surface area contributed by atoms with Crippen molar-refractivity contribution in [2.24, 2.45) is 0 Å². The van der Waals surface area contributed by atoms with Crippen molar-refractivity contribution in [3.8, 4) is 46.0 Å². The lowest BCUT2D eigenvalue weighted by molar-refractivity contribution is 0.212. The van der Waals surface area contributed by atoms with Gasteiger partial charge in [0.2, 0.25) is 0 Å². The summed E-state index contributed by atoms with van der Waals surface area (Å²) in [6.07, 6.45) is 2.71. The van der Waals surface area contributed by atoms with Crippen molar-refractivity contribution in [3.63, 3.8) is 0 Å². The van der Waals surface area contributed by atoms with Crippen molar-refractivity contribution in [1.29, 1.82) is 0 Å². The van der Waals surface area contributed by atoms with E-state index in [9.17, 15) is 20.4 Å². The molecule has 0 saturated heterocycles. The first kappa shape index (κ1) is 73.4. The van der Waals surface area contributed by atoms with E-state index in [1.54, 1.807) is 0 Å². The Morgan fingerprint density at radius 1 is 0.180 bits per heavy atom. The number of aromatic hydroxyl groups is 4. The van der Waals surface area contributed by atoms with E-state index >= 15 is 0 Å². The molecule has 8 nitrogen and oxygen atoms in total. The van der Waals surface area contributed by atoms with Crippen molar-refractivity contribution in [3.05, 3.63) is 231 Å². The number of fused-ring (bicyclic) bond motifs is 6. The molecule has 4 heterocycles. The molecule has 8 aromatic carbocycles. The number of ether oxygens (including phenoxy) is 4. The maximum Gasteiger partial charge on any atom is 0.126 e. The standard InChI is InChI=1S/C92H116O8/c1-85(2,3)69-37-53-29-61-45-73(89(13,14)15)47-63-31-55-39-70(86(4,5)6)41-57(78(55)94)33-65-49-75(91(19,20)21)51-67-35-59-43-72(88(10,11)12)44-60(80(59)96)36-68-52-76(92(22,23)24)50-66(84(68)100-28-25-97-81(61)63)34-58-42-71(87(7,8)9)40-56(79(58)95)32-64-48-74(90(16,17)18)46-62(30-54(38-69)77(53)93)82(64)98-26-27-99-83(65)67/h37-52,93-96H,25-36H2,1-24H3. The van der Waals surface area contributed by atoms with E-state index in [0.717, 1.165) is 134 Å². The van der Waals surface area contributed by atoms with Crippen molar-refractivity contribution >= 4 is 0 Å². The molecule has 4 aliphatic rings. The molecule has 0 unspecified atom stereocenters. The molecule has 0 radical (unpaired) electrons. The molecule has 0 amide bonds. The van der Waals surface area contributed by atoms with Gasteiger partial charge in [-0.05, 0) is 177 Å². The third-order valence-electron chi connectivity index (χ3n) is 21.2. The summed E-state index contributed by atoms with van der Waals surface area (Å²) in [5.41, 5.74) is 19.7. The fraction of sp³-hybridized carbons (Fsp3) is 0.478. The molecule has 4 aliphatic heterocycles. The fourth-order valence-electron chi connectivity index (χ4n) is 14.6. The Labute approximate surface area is 600 Å². The number of rotatable bonds is 0. The van der Waals surface area contributed by atoms with E-state index in [4.69, 9.17) is 18.9 Å². The smallest absolute Gasteiger partial charge is 0.126 e. The second-order valence-electron chi connectivity index (χ2n) is 37.9. The van der Waals surface area contributed by atoms with Crippen LogP contribution in [0.15, 0.2) is 97.1 Å². The zero-order chi connectivity index (χ0) is 73.1. The lowest BCUT2D eigenvalue weighted by Crippen LogP contribution is -2.18. The number of phenolic OH excluding ortho intramolecular Hbond substituents is 4. The van der Waals surface area contributed by atoms with Gasteiger partial charge in [0.1, 0.15) is 72.4 Å². The molecule has 0 fully saturated rings. The van der Waals surface area contributed by atoms with Crippen LogP contribution in [0.25, 0.3) is 0 Å². The molecule has 532 valence electrons. The van der Waals surface area contributed by atoms with Gasteiger partial charge in [-0.15, -0.1) is 0 Å². The summed E-state index contributed by atoms with van der Waals surface area (Å²) < 4.78 is 29.9. The van der Waals surface area contributed by atoms with Crippen LogP contribution in [-0.2, 0) is 94.7 Å². The molecule has 100 heavy (non-hydrogen) atoms. The minimum absolute atomic E-state index is 0.139. The molecule has 0 atom stereocenters. The van der Waals surface area contributed by atoms with Crippen molar-refractivity contribution in [2.75, 3.05) is 26.4 Å². The van der Waals surface area contributed by atoms with Gasteiger partial charge in [0.15, 0.2) is 0 Å². The van der Waals surface area contributed by atoms with Crippen LogP contribution in [-0.4, -0.2) is 46.9 Å². The van der Waals surface area contributed by atoms with Gasteiger partial charge in [-0.2, -0.15) is 0 Å². The van der Waals surface area contributed by atoms with Crippen LogP contribution < -0.4 is 18.9 Å². The van der Waals surface area contributed by atoms with Gasteiger partial charge in [-0.3, -0.25) is 0 Å². The SMILES string of the molecule is CC(C)(C)c1cc2c(O)c(c1)Cc1cc(C(C)(C)C)cc3c1OCCOc1c4cc(C(C)(C)C)cc1Cc1cc(C(C)(C)C)cc(c1O)Cc1cc(C(C)(C)C)cc(c1OCCOc1c(cc(C(C)(C)C)cc1Cc1cc(C(C)(C)C)cc(c1O)C4)C2)Cc1cc(C(C)(C)C)cc(c1O)C3. The van der Waals surface area contributed by atoms with Gasteiger partial charge in [-0.25, -0.2) is 0 Å². The summed E-state index contributed by atoms with van der Waals surface area (Å²) in [6, 6.07) is 35.7. The van der Waals surface area contributed by atoms with Gasteiger partial charge in [-0.1, -0.05) is 263 Å². The van der Waals surface area contributed by atoms with E-state index in [1.807, 2.05) is 0 Å². The second kappa shape index (κ2) is 26.2. The highest BCUT2D eigenvalue weighted by molar-refractivity contribution is 5.63. The predicted octanol–water partition coefficient (Wildman–Crippen LogP) is 21.5. The minimum Gasteiger partial charge on any atom is -0.507 e. The zero-order valence-corrected chi connectivity index (χ0v) is 65.1. The molecule has 4 N–H and O–H groups in total. The zero-order valence-electron chi connectivity index (χ0n) is 65.1. The van der Waals surface area contributed by atoms with Crippen molar-refractivity contribution in [1.82, 2.24) is 0 Å². The van der Waals surface area contributed by atoms with Crippen LogP contribution in [0.3, 0.4) is 0 Å². The van der Waals surface area contributed by atoms with E-state index in [-0.39, 0.29) is 92.7 Å². The Morgan fingerprint density at radius 3 is 0.380 bits per heavy atom. The number of phenols is 4. The summed E-state index contributed by atoms with van der Waals surface area (Å²) in [6.45, 7) is 54.3. The predicted molar refractivity (Wildman–Crippen MR) is 412 cm³/mol. The topological polar surface area (TPSA) is 118 Å². The fourth-order valence-corrected chi connectivity index (χ4v) is 14.6. The number of benzene rings is 8. The highest BCUT2D eigenvalue weighted by atomic mass is 16.5. The van der Waals surface area contributed by atoms with Gasteiger partial charge < -0.3 is 39.4 Å². The molecule has 0 aliphatic carbocycles. The molecule has 8 heteroatoms. The Kier molecular flexibility index (Phi) is 19.2. The van der Waals surface area contributed by atoms with Crippen LogP contribution in [0.5, 0.6) is 46.0 Å². The van der Waals surface area contributed by atoms with E-state index in [2.05, 4.69) is 263 Å². The van der Waals surface area contributed by atoms with Gasteiger partial charge in [0, 0.05) is 51.4 Å². The normalized spacial score (nSPS) is 15.2. The van der Waals surface area contributed by atoms with Gasteiger partial charge in [0.25, 0.3) is 0 Å². The van der Waals surface area contributed by atoms with Gasteiger partial charge >= 0.3 is 0 Å². The average Bonchev–Trinajstić information content (AvgIpc) is 0.849. The average molecular weight is 1350 g/mol. The van der Waals surface area contributed by atoms with Crippen LogP contribution in [0, 0.1) is 0 Å². The van der Waals surface area contributed by atoms with Crippen LogP contribution >= 0.6 is 0 Å². The van der Waals surface area contributed by atoms with Gasteiger partial charge in [0.05, 0.1) is 0 Å². The molecule has 8 aromatic rings. The van der Waals surface area contributed by atoms with Crippen LogP contribution in [0.4, 0.5) is 0 Å². The van der Waals surface area contributed by atoms with E-state index in [1.165, 1.54) is 0 Å². The Bertz CT molecular complexity index is 3710. The van der Waals surface area contributed by atoms with Crippen LogP contribution in [0.1, 0.15) is 300 Å². The molecule has 20 bridgehead atoms. The third kappa shape index (κ3) is 15.6. The lowest BCUT2D eigenvalue weighted by Gasteiger charge is -2.27. The third-order valence-corrected chi connectivity index (χ3v) is 21.2. The molecular formula is C92H116O8. The first-order chi connectivity index (χ1) is 46.2. The highest BCUT2D eigenvalue weighted by Crippen LogP contribution is 2.48. The quantitative estimate of drug-likeness (QED) is 0.119. The summed E-state index contributed by atoms with van der Waals surface area (Å²) in [5.74, 6) is 3.56. The first-order valence-corrected chi connectivity index (χ1v) is 36.8. The van der Waals surface area contributed by atoms with Crippen LogP contribution in [0.2, 0.25) is 0 Å². The van der Waals surface area contributed by atoms with E-state index in [0.29, 0.717) is 74.4 Å². The summed E-state index contributed by atoms with van der Waals surface area (Å²) in [5, 5.41) is 53.5. The molecule has 0 saturated carbocycles. The number of hydrogen-bond acceptors (Lipinski definition) is 8. The van der Waals surface area contributed by atoms with Crippen molar-refractivity contribution < 1.29 is 39.4 Å². The maximum absolute atomic E-state index is 13.4. The number of hydrogen-bond donors (Lipinski definition) is 4. The molecular weight excluding hydrogens is 1230 g/mol. The summed E-state index contributed by atoms with van der Waals surface area (Å²) in [7, 11) is 0. The minimum atomic E-state index is -0.321. The molecule has 0 aromatic heterocycles. The Hall–Kier alpha value is -7.84. The lowest BCUT2D eigenvalue weighted by atomic mass is 9.79. The first-order valence-electron chi connectivity index (χ1n) is 36.8. The highest BCUT2D eigenvalue weighted by Gasteiger charge is 2.33. The Balaban J connectivity index is 1.35. The molecule has 0 spiro atoms. The second-order valence-corrected chi connectivity index (χ2v) is 37.9. The maximum atomic E-state index is 13.4. The van der Waals surface area contributed by atoms with E-state index < -0.39 is 0 Å². The Morgan fingerprint density at radius 2 is 0.280 bits per heavy atom.